The molecule has 0 aliphatic carbocycles. The number of allylic oxidation sites excluding steroid dienone is 1. The van der Waals surface area contributed by atoms with Gasteiger partial charge in [-0.1, -0.05) is 47.5 Å². The van der Waals surface area contributed by atoms with Crippen LogP contribution in [0.5, 0.6) is 0 Å². The van der Waals surface area contributed by atoms with Crippen molar-refractivity contribution in [2.24, 2.45) is 5.10 Å². The Morgan fingerprint density at radius 1 is 1.12 bits per heavy atom. The van der Waals surface area contributed by atoms with E-state index in [0.29, 0.717) is 16.5 Å². The lowest BCUT2D eigenvalue weighted by Gasteiger charge is -1.97. The molecule has 4 nitrogen and oxygen atoms in total. The molecular weight excluding hydrogens is 366 g/mol. The van der Waals surface area contributed by atoms with Crippen molar-refractivity contribution in [3.05, 3.63) is 86.7 Å². The van der Waals surface area contributed by atoms with Crippen LogP contribution in [0.1, 0.15) is 25.7 Å². The number of pyridine rings is 1. The summed E-state index contributed by atoms with van der Waals surface area (Å²) in [6, 6.07) is 16.7. The number of halogens is 1. The van der Waals surface area contributed by atoms with Gasteiger partial charge in [0.15, 0.2) is 5.78 Å². The van der Waals surface area contributed by atoms with Crippen LogP contribution in [0.15, 0.2) is 65.8 Å². The largest absolute Gasteiger partial charge is 0.289 e. The number of hydrogen-bond donors (Lipinski definition) is 1. The molecule has 0 fully saturated rings. The zero-order valence-corrected chi connectivity index (χ0v) is 15.6. The number of carbonyl (C=O) groups is 1. The average Bonchev–Trinajstić information content (AvgIpc) is 3.08. The lowest BCUT2D eigenvalue weighted by molar-refractivity contribution is 0.104. The van der Waals surface area contributed by atoms with Crippen LogP contribution in [0.3, 0.4) is 0 Å². The van der Waals surface area contributed by atoms with Crippen molar-refractivity contribution >= 4 is 46.8 Å². The number of anilines is 1. The molecule has 0 aliphatic heterocycles. The number of benzene rings is 1. The number of ketones is 1. The van der Waals surface area contributed by atoms with Gasteiger partial charge < -0.3 is 0 Å². The number of hydrogen-bond acceptors (Lipinski definition) is 5. The van der Waals surface area contributed by atoms with Gasteiger partial charge in [-0.05, 0) is 43.3 Å². The second-order valence-electron chi connectivity index (χ2n) is 5.52. The number of thiophene rings is 1. The number of aromatic nitrogens is 1. The molecule has 6 heteroatoms. The van der Waals surface area contributed by atoms with Gasteiger partial charge in [-0.15, -0.1) is 11.3 Å². The number of aryl methyl sites for hydroxylation is 1. The van der Waals surface area contributed by atoms with Gasteiger partial charge in [-0.25, -0.2) is 4.98 Å². The Morgan fingerprint density at radius 3 is 2.65 bits per heavy atom. The highest BCUT2D eigenvalue weighted by Crippen LogP contribution is 2.17. The van der Waals surface area contributed by atoms with Gasteiger partial charge in [0, 0.05) is 15.3 Å². The van der Waals surface area contributed by atoms with Gasteiger partial charge in [0.2, 0.25) is 0 Å². The highest BCUT2D eigenvalue weighted by molar-refractivity contribution is 7.14. The van der Waals surface area contributed by atoms with Crippen molar-refractivity contribution in [3.63, 3.8) is 0 Å². The summed E-state index contributed by atoms with van der Waals surface area (Å²) in [6.45, 7) is 2.00. The predicted molar refractivity (Wildman–Crippen MR) is 109 cm³/mol. The first-order valence-corrected chi connectivity index (χ1v) is 9.10. The van der Waals surface area contributed by atoms with E-state index >= 15 is 0 Å². The minimum absolute atomic E-state index is 0.0117. The first kappa shape index (κ1) is 18.0. The monoisotopic (exact) mass is 381 g/mol. The number of hydrazone groups is 1. The van der Waals surface area contributed by atoms with Gasteiger partial charge in [0.1, 0.15) is 11.0 Å². The van der Waals surface area contributed by atoms with Crippen molar-refractivity contribution in [1.29, 1.82) is 0 Å². The van der Waals surface area contributed by atoms with Crippen molar-refractivity contribution < 1.29 is 4.79 Å². The topological polar surface area (TPSA) is 54.4 Å². The minimum atomic E-state index is -0.0117. The molecule has 0 spiro atoms. The van der Waals surface area contributed by atoms with Crippen molar-refractivity contribution in [2.45, 2.75) is 6.92 Å². The summed E-state index contributed by atoms with van der Waals surface area (Å²) in [5.74, 6) is 0.566. The van der Waals surface area contributed by atoms with E-state index in [0.717, 1.165) is 15.3 Å². The zero-order valence-electron chi connectivity index (χ0n) is 14.0. The molecule has 0 saturated heterocycles. The Bertz CT molecular complexity index is 961. The summed E-state index contributed by atoms with van der Waals surface area (Å²) in [5, 5.41) is 4.55. The normalized spacial score (nSPS) is 11.3. The third-order valence-corrected chi connectivity index (χ3v) is 4.66. The fourth-order valence-corrected chi connectivity index (χ4v) is 3.08. The van der Waals surface area contributed by atoms with E-state index in [2.05, 4.69) is 15.5 Å². The maximum Gasteiger partial charge on any atom is 0.185 e. The molecule has 2 aromatic heterocycles. The third-order valence-electron chi connectivity index (χ3n) is 3.47. The van der Waals surface area contributed by atoms with E-state index < -0.39 is 0 Å². The Labute approximate surface area is 160 Å². The minimum Gasteiger partial charge on any atom is -0.289 e. The fraction of sp³-hybridized carbons (Fsp3) is 0.0500. The van der Waals surface area contributed by atoms with Crippen LogP contribution in [0, 0.1) is 6.92 Å². The summed E-state index contributed by atoms with van der Waals surface area (Å²) < 4.78 is 0. The second kappa shape index (κ2) is 8.56. The molecule has 3 aromatic rings. The van der Waals surface area contributed by atoms with Crippen LogP contribution in [0.4, 0.5) is 5.82 Å². The molecule has 1 N–H and O–H groups in total. The van der Waals surface area contributed by atoms with Crippen molar-refractivity contribution in [3.8, 4) is 0 Å². The van der Waals surface area contributed by atoms with Gasteiger partial charge >= 0.3 is 0 Å². The molecule has 130 valence electrons. The Kier molecular flexibility index (Phi) is 5.94. The third kappa shape index (κ3) is 5.12. The molecule has 26 heavy (non-hydrogen) atoms. The molecular formula is C20H16ClN3OS. The number of nitrogens with zero attached hydrogens (tertiary/aromatic N) is 2. The number of nitrogens with one attached hydrogen (secondary N) is 1. The molecule has 0 radical (unpaired) electrons. The Balaban J connectivity index is 1.59. The van der Waals surface area contributed by atoms with E-state index in [1.165, 1.54) is 11.3 Å². The lowest BCUT2D eigenvalue weighted by Crippen LogP contribution is -1.93. The number of rotatable bonds is 6. The van der Waals surface area contributed by atoms with Crippen LogP contribution in [0.25, 0.3) is 6.08 Å². The Morgan fingerprint density at radius 2 is 1.88 bits per heavy atom. The molecule has 0 bridgehead atoms. The predicted octanol–water partition coefficient (Wildman–Crippen LogP) is 5.45. The molecule has 0 unspecified atom stereocenters. The van der Waals surface area contributed by atoms with E-state index in [1.54, 1.807) is 30.5 Å². The highest BCUT2D eigenvalue weighted by atomic mass is 35.5. The highest BCUT2D eigenvalue weighted by Gasteiger charge is 2.01. The molecule has 3 rings (SSSR count). The molecule has 0 saturated carbocycles. The van der Waals surface area contributed by atoms with E-state index in [4.69, 9.17) is 11.6 Å². The van der Waals surface area contributed by atoms with Crippen LogP contribution >= 0.6 is 22.9 Å². The molecule has 0 atom stereocenters. The second-order valence-corrected chi connectivity index (χ2v) is 7.05. The SMILES string of the molecule is Cc1ccc(C(=O)C=Cc2ccc(C=NNc3cccc(Cl)n3)s2)cc1. The van der Waals surface area contributed by atoms with Crippen LogP contribution in [-0.4, -0.2) is 17.0 Å². The quantitative estimate of drug-likeness (QED) is 0.203. The summed E-state index contributed by atoms with van der Waals surface area (Å²) in [4.78, 5) is 18.2. The zero-order chi connectivity index (χ0) is 18.4. The standard InChI is InChI=1S/C20H16ClN3OS/c1-14-5-7-15(8-6-14)18(25)12-11-16-9-10-17(26-16)13-22-24-20-4-2-3-19(21)23-20/h2-13H,1H3,(H,23,24). The van der Waals surface area contributed by atoms with Crippen LogP contribution in [0.2, 0.25) is 5.15 Å². The van der Waals surface area contributed by atoms with E-state index in [-0.39, 0.29) is 5.78 Å². The maximum atomic E-state index is 12.2. The summed E-state index contributed by atoms with van der Waals surface area (Å²) >= 11 is 7.36. The van der Waals surface area contributed by atoms with Gasteiger partial charge in [-0.2, -0.15) is 5.10 Å². The Hall–Kier alpha value is -2.76. The summed E-state index contributed by atoms with van der Waals surface area (Å²) in [5.41, 5.74) is 4.65. The fourth-order valence-electron chi connectivity index (χ4n) is 2.13. The molecule has 2 heterocycles. The smallest absolute Gasteiger partial charge is 0.185 e. The van der Waals surface area contributed by atoms with Crippen molar-refractivity contribution in [2.75, 3.05) is 5.43 Å². The molecule has 0 amide bonds. The van der Waals surface area contributed by atoms with Crippen molar-refractivity contribution in [1.82, 2.24) is 4.98 Å². The lowest BCUT2D eigenvalue weighted by atomic mass is 10.1. The summed E-state index contributed by atoms with van der Waals surface area (Å²) in [7, 11) is 0. The van der Waals surface area contributed by atoms with Crippen LogP contribution < -0.4 is 5.43 Å². The maximum absolute atomic E-state index is 12.2. The van der Waals surface area contributed by atoms with Gasteiger partial charge in [0.05, 0.1) is 6.21 Å². The first-order chi connectivity index (χ1) is 12.6. The van der Waals surface area contributed by atoms with Gasteiger partial charge in [0.25, 0.3) is 0 Å². The van der Waals surface area contributed by atoms with Gasteiger partial charge in [-0.3, -0.25) is 10.2 Å². The number of carbonyl (C=O) groups excluding carboxylic acids is 1. The van der Waals surface area contributed by atoms with Crippen LogP contribution in [-0.2, 0) is 0 Å². The molecule has 0 aliphatic rings. The first-order valence-electron chi connectivity index (χ1n) is 7.91. The summed E-state index contributed by atoms with van der Waals surface area (Å²) in [6.07, 6.45) is 5.11. The average molecular weight is 382 g/mol. The van der Waals surface area contributed by atoms with E-state index in [1.807, 2.05) is 49.4 Å². The van der Waals surface area contributed by atoms with E-state index in [9.17, 15) is 4.79 Å². The molecule has 1 aromatic carbocycles.